The van der Waals surface area contributed by atoms with Gasteiger partial charge in [-0.05, 0) is 76.0 Å². The highest BCUT2D eigenvalue weighted by Gasteiger charge is 2.12. The average molecular weight is 430 g/mol. The number of benzene rings is 3. The smallest absolute Gasteiger partial charge is 0.133 e. The molecule has 0 fully saturated rings. The summed E-state index contributed by atoms with van der Waals surface area (Å²) in [6.45, 7) is 2.10. The predicted octanol–water partition coefficient (Wildman–Crippen LogP) is 5.95. The van der Waals surface area contributed by atoms with Gasteiger partial charge in [0.2, 0.25) is 0 Å². The Morgan fingerprint density at radius 2 is 1.33 bits per heavy atom. The van der Waals surface area contributed by atoms with E-state index in [1.54, 1.807) is 14.2 Å². The average Bonchev–Trinajstić information content (AvgIpc) is 2.63. The van der Waals surface area contributed by atoms with Gasteiger partial charge in [-0.3, -0.25) is 0 Å². The summed E-state index contributed by atoms with van der Waals surface area (Å²) < 4.78 is 12.0. The molecule has 0 saturated carbocycles. The standard InChI is InChI=1S/C21H19IO2/c1-14-4-6-15(7-5-14)17-12-19(21(22)20(13-17)24-3)16-8-10-18(23-2)11-9-16/h4-13H,1-3H3. The van der Waals surface area contributed by atoms with E-state index in [-0.39, 0.29) is 0 Å². The topological polar surface area (TPSA) is 18.5 Å². The molecule has 0 atom stereocenters. The van der Waals surface area contributed by atoms with Crippen LogP contribution in [0.25, 0.3) is 22.3 Å². The van der Waals surface area contributed by atoms with Gasteiger partial charge in [0.25, 0.3) is 0 Å². The first-order valence-electron chi connectivity index (χ1n) is 7.71. The highest BCUT2D eigenvalue weighted by atomic mass is 127. The summed E-state index contributed by atoms with van der Waals surface area (Å²) in [7, 11) is 3.40. The minimum Gasteiger partial charge on any atom is -0.497 e. The van der Waals surface area contributed by atoms with Gasteiger partial charge in [0, 0.05) is 0 Å². The number of rotatable bonds is 4. The Bertz CT molecular complexity index is 837. The summed E-state index contributed by atoms with van der Waals surface area (Å²) >= 11 is 2.35. The van der Waals surface area contributed by atoms with Crippen LogP contribution < -0.4 is 9.47 Å². The Hall–Kier alpha value is -2.01. The number of ether oxygens (including phenoxy) is 2. The lowest BCUT2D eigenvalue weighted by Crippen LogP contribution is -1.93. The predicted molar refractivity (Wildman–Crippen MR) is 108 cm³/mol. The molecule has 0 bridgehead atoms. The van der Waals surface area contributed by atoms with E-state index in [2.05, 4.69) is 78.0 Å². The van der Waals surface area contributed by atoms with Crippen molar-refractivity contribution in [1.82, 2.24) is 0 Å². The summed E-state index contributed by atoms with van der Waals surface area (Å²) in [5, 5.41) is 0. The molecule has 0 aliphatic rings. The summed E-state index contributed by atoms with van der Waals surface area (Å²) in [4.78, 5) is 0. The van der Waals surface area contributed by atoms with Crippen LogP contribution in [-0.4, -0.2) is 14.2 Å². The van der Waals surface area contributed by atoms with E-state index in [0.29, 0.717) is 0 Å². The summed E-state index contributed by atoms with van der Waals surface area (Å²) in [5.74, 6) is 1.75. The molecule has 3 rings (SSSR count). The number of hydrogen-bond acceptors (Lipinski definition) is 2. The van der Waals surface area contributed by atoms with Crippen molar-refractivity contribution in [2.75, 3.05) is 14.2 Å². The van der Waals surface area contributed by atoms with Gasteiger partial charge in [0.15, 0.2) is 0 Å². The van der Waals surface area contributed by atoms with Crippen LogP contribution in [-0.2, 0) is 0 Å². The normalized spacial score (nSPS) is 10.5. The number of hydrogen-bond donors (Lipinski definition) is 0. The van der Waals surface area contributed by atoms with Crippen LogP contribution in [0.4, 0.5) is 0 Å². The molecule has 24 heavy (non-hydrogen) atoms. The second-order valence-electron chi connectivity index (χ2n) is 5.63. The third-order valence-corrected chi connectivity index (χ3v) is 5.16. The van der Waals surface area contributed by atoms with E-state index >= 15 is 0 Å². The molecule has 0 N–H and O–H groups in total. The number of halogens is 1. The fraction of sp³-hybridized carbons (Fsp3) is 0.143. The summed E-state index contributed by atoms with van der Waals surface area (Å²) in [5.41, 5.74) is 5.90. The second-order valence-corrected chi connectivity index (χ2v) is 6.71. The van der Waals surface area contributed by atoms with Gasteiger partial charge < -0.3 is 9.47 Å². The van der Waals surface area contributed by atoms with Crippen molar-refractivity contribution in [2.45, 2.75) is 6.92 Å². The van der Waals surface area contributed by atoms with E-state index < -0.39 is 0 Å². The lowest BCUT2D eigenvalue weighted by molar-refractivity contribution is 0.412. The highest BCUT2D eigenvalue weighted by Crippen LogP contribution is 2.37. The quantitative estimate of drug-likeness (QED) is 0.477. The Balaban J connectivity index is 2.13. The number of methoxy groups -OCH3 is 2. The molecule has 0 unspecified atom stereocenters. The van der Waals surface area contributed by atoms with Crippen molar-refractivity contribution < 1.29 is 9.47 Å². The lowest BCUT2D eigenvalue weighted by Gasteiger charge is -2.14. The van der Waals surface area contributed by atoms with E-state index in [9.17, 15) is 0 Å². The van der Waals surface area contributed by atoms with Crippen molar-refractivity contribution in [3.05, 3.63) is 69.8 Å². The third-order valence-electron chi connectivity index (χ3n) is 4.05. The van der Waals surface area contributed by atoms with Gasteiger partial charge in [0.1, 0.15) is 11.5 Å². The maximum Gasteiger partial charge on any atom is 0.133 e. The molecule has 0 amide bonds. The Kier molecular flexibility index (Phi) is 5.09. The summed E-state index contributed by atoms with van der Waals surface area (Å²) in [6, 6.07) is 21.0. The fourth-order valence-electron chi connectivity index (χ4n) is 2.64. The first-order valence-corrected chi connectivity index (χ1v) is 8.79. The van der Waals surface area contributed by atoms with Crippen molar-refractivity contribution in [3.8, 4) is 33.8 Å². The highest BCUT2D eigenvalue weighted by molar-refractivity contribution is 14.1. The van der Waals surface area contributed by atoms with Crippen LogP contribution in [0.5, 0.6) is 11.5 Å². The van der Waals surface area contributed by atoms with E-state index in [4.69, 9.17) is 9.47 Å². The molecule has 3 heteroatoms. The minimum absolute atomic E-state index is 0.857. The maximum atomic E-state index is 5.61. The van der Waals surface area contributed by atoms with Gasteiger partial charge in [-0.15, -0.1) is 0 Å². The molecule has 3 aromatic rings. The first kappa shape index (κ1) is 16.8. The molecule has 0 aromatic heterocycles. The monoisotopic (exact) mass is 430 g/mol. The molecule has 0 heterocycles. The van der Waals surface area contributed by atoms with Crippen LogP contribution in [0, 0.1) is 10.5 Å². The third kappa shape index (κ3) is 3.41. The molecule has 0 aliphatic heterocycles. The zero-order chi connectivity index (χ0) is 17.1. The zero-order valence-corrected chi connectivity index (χ0v) is 16.1. The Morgan fingerprint density at radius 3 is 1.92 bits per heavy atom. The van der Waals surface area contributed by atoms with Crippen molar-refractivity contribution in [2.24, 2.45) is 0 Å². The van der Waals surface area contributed by atoms with E-state index in [1.165, 1.54) is 11.1 Å². The van der Waals surface area contributed by atoms with Crippen molar-refractivity contribution >= 4 is 22.6 Å². The van der Waals surface area contributed by atoms with Crippen LogP contribution in [0.1, 0.15) is 5.56 Å². The van der Waals surface area contributed by atoms with Crippen LogP contribution in [0.15, 0.2) is 60.7 Å². The van der Waals surface area contributed by atoms with Crippen molar-refractivity contribution in [1.29, 1.82) is 0 Å². The minimum atomic E-state index is 0.857. The molecule has 0 radical (unpaired) electrons. The Morgan fingerprint density at radius 1 is 0.708 bits per heavy atom. The van der Waals surface area contributed by atoms with Gasteiger partial charge in [-0.1, -0.05) is 42.0 Å². The molecule has 0 spiro atoms. The van der Waals surface area contributed by atoms with Gasteiger partial charge in [-0.25, -0.2) is 0 Å². The van der Waals surface area contributed by atoms with Crippen LogP contribution >= 0.6 is 22.6 Å². The molecule has 3 aromatic carbocycles. The molecular formula is C21H19IO2. The van der Waals surface area contributed by atoms with Crippen LogP contribution in [0.2, 0.25) is 0 Å². The summed E-state index contributed by atoms with van der Waals surface area (Å²) in [6.07, 6.45) is 0. The number of aryl methyl sites for hydroxylation is 1. The molecule has 2 nitrogen and oxygen atoms in total. The van der Waals surface area contributed by atoms with Crippen molar-refractivity contribution in [3.63, 3.8) is 0 Å². The lowest BCUT2D eigenvalue weighted by atomic mass is 9.98. The zero-order valence-electron chi connectivity index (χ0n) is 14.0. The first-order chi connectivity index (χ1) is 11.6. The largest absolute Gasteiger partial charge is 0.497 e. The van der Waals surface area contributed by atoms with E-state index in [0.717, 1.165) is 31.8 Å². The Labute approximate surface area is 156 Å². The van der Waals surface area contributed by atoms with Gasteiger partial charge >= 0.3 is 0 Å². The SMILES string of the molecule is COc1ccc(-c2cc(-c3ccc(C)cc3)cc(OC)c2I)cc1. The molecule has 0 aliphatic carbocycles. The molecule has 0 saturated heterocycles. The fourth-order valence-corrected chi connectivity index (χ4v) is 3.48. The van der Waals surface area contributed by atoms with Gasteiger partial charge in [0.05, 0.1) is 17.8 Å². The molecular weight excluding hydrogens is 411 g/mol. The van der Waals surface area contributed by atoms with Gasteiger partial charge in [-0.2, -0.15) is 0 Å². The maximum absolute atomic E-state index is 5.61. The molecule has 122 valence electrons. The second kappa shape index (κ2) is 7.26. The van der Waals surface area contributed by atoms with E-state index in [1.807, 2.05) is 12.1 Å². The van der Waals surface area contributed by atoms with Crippen LogP contribution in [0.3, 0.4) is 0 Å².